The van der Waals surface area contributed by atoms with Gasteiger partial charge in [0.25, 0.3) is 0 Å². The smallest absolute Gasteiger partial charge is 0.242 e. The molecule has 1 aliphatic rings. The lowest BCUT2D eigenvalue weighted by atomic mass is 10.2. The summed E-state index contributed by atoms with van der Waals surface area (Å²) in [6, 6.07) is 22.3. The third-order valence-electron chi connectivity index (χ3n) is 5.94. The number of rotatable bonds is 4. The van der Waals surface area contributed by atoms with Gasteiger partial charge in [-0.25, -0.2) is 9.97 Å². The molecule has 1 aliphatic heterocycles. The van der Waals surface area contributed by atoms with Gasteiger partial charge < -0.3 is 14.4 Å². The third kappa shape index (κ3) is 3.89. The molecule has 0 spiro atoms. The van der Waals surface area contributed by atoms with Crippen LogP contribution in [0, 0.1) is 6.92 Å². The number of para-hydroxylation sites is 1. The first-order valence-electron chi connectivity index (χ1n) is 10.6. The zero-order valence-electron chi connectivity index (χ0n) is 17.6. The molecule has 1 fully saturated rings. The van der Waals surface area contributed by atoms with E-state index in [-0.39, 0.29) is 5.91 Å². The summed E-state index contributed by atoms with van der Waals surface area (Å²) in [5, 5.41) is 1.18. The van der Waals surface area contributed by atoms with Gasteiger partial charge in [0.1, 0.15) is 12.4 Å². The Kier molecular flexibility index (Phi) is 5.12. The number of hydrogen-bond acceptors (Lipinski definition) is 4. The molecule has 1 saturated heterocycles. The maximum Gasteiger partial charge on any atom is 0.242 e. The molecule has 156 valence electrons. The molecule has 0 atom stereocenters. The zero-order valence-corrected chi connectivity index (χ0v) is 17.6. The number of aryl methyl sites for hydroxylation is 1. The molecule has 0 radical (unpaired) electrons. The molecule has 6 nitrogen and oxygen atoms in total. The Balaban J connectivity index is 1.25. The van der Waals surface area contributed by atoms with Crippen molar-refractivity contribution in [3.8, 4) is 11.4 Å². The number of hydrogen-bond donors (Lipinski definition) is 0. The molecule has 2 aromatic carbocycles. The maximum absolute atomic E-state index is 13.0. The van der Waals surface area contributed by atoms with Crippen molar-refractivity contribution >= 4 is 22.6 Å². The average Bonchev–Trinajstić information content (AvgIpc) is 3.15. The second-order valence-electron chi connectivity index (χ2n) is 7.90. The molecule has 31 heavy (non-hydrogen) atoms. The van der Waals surface area contributed by atoms with E-state index >= 15 is 0 Å². The van der Waals surface area contributed by atoms with Gasteiger partial charge in [-0.1, -0.05) is 48.5 Å². The van der Waals surface area contributed by atoms with E-state index in [9.17, 15) is 4.79 Å². The quantitative estimate of drug-likeness (QED) is 0.513. The highest BCUT2D eigenvalue weighted by atomic mass is 16.2. The summed E-state index contributed by atoms with van der Waals surface area (Å²) in [5.74, 6) is 1.80. The second kappa shape index (κ2) is 8.22. The molecule has 0 saturated carbocycles. The van der Waals surface area contributed by atoms with E-state index < -0.39 is 0 Å². The number of fused-ring (bicyclic) bond motifs is 1. The number of anilines is 1. The zero-order chi connectivity index (χ0) is 21.2. The monoisotopic (exact) mass is 411 g/mol. The summed E-state index contributed by atoms with van der Waals surface area (Å²) < 4.78 is 2.11. The fourth-order valence-corrected chi connectivity index (χ4v) is 4.23. The standard InChI is InChI=1S/C25H25N5O/c1-19-17-21-9-5-6-10-22(21)30(19)18-24(31)29-15-13-28(14-16-29)23-11-12-26-25(27-23)20-7-3-2-4-8-20/h2-12,17H,13-16,18H2,1H3. The van der Waals surface area contributed by atoms with Crippen LogP contribution < -0.4 is 4.90 Å². The van der Waals surface area contributed by atoms with Crippen molar-refractivity contribution in [1.82, 2.24) is 19.4 Å². The molecule has 4 aromatic rings. The lowest BCUT2D eigenvalue weighted by molar-refractivity contribution is -0.132. The minimum atomic E-state index is 0.164. The molecular formula is C25H25N5O. The molecule has 1 amide bonds. The van der Waals surface area contributed by atoms with Crippen LogP contribution in [0.5, 0.6) is 0 Å². The van der Waals surface area contributed by atoms with Crippen LogP contribution in [0.25, 0.3) is 22.3 Å². The van der Waals surface area contributed by atoms with Crippen molar-refractivity contribution in [2.45, 2.75) is 13.5 Å². The highest BCUT2D eigenvalue weighted by Crippen LogP contribution is 2.21. The molecular weight excluding hydrogens is 386 g/mol. The summed E-state index contributed by atoms with van der Waals surface area (Å²) >= 11 is 0. The van der Waals surface area contributed by atoms with E-state index in [4.69, 9.17) is 4.98 Å². The first-order valence-corrected chi connectivity index (χ1v) is 10.6. The predicted octanol–water partition coefficient (Wildman–Crippen LogP) is 3.76. The van der Waals surface area contributed by atoms with E-state index in [2.05, 4.69) is 39.6 Å². The molecule has 5 rings (SSSR count). The first kappa shape index (κ1) is 19.3. The van der Waals surface area contributed by atoms with Gasteiger partial charge in [0.05, 0.1) is 0 Å². The molecule has 0 N–H and O–H groups in total. The average molecular weight is 412 g/mol. The molecule has 0 aliphatic carbocycles. The number of benzene rings is 2. The number of piperazine rings is 1. The van der Waals surface area contributed by atoms with Crippen LogP contribution in [0.15, 0.2) is 72.9 Å². The number of aromatic nitrogens is 3. The highest BCUT2D eigenvalue weighted by molar-refractivity contribution is 5.84. The van der Waals surface area contributed by atoms with Crippen molar-refractivity contribution in [3.05, 3.63) is 78.6 Å². The second-order valence-corrected chi connectivity index (χ2v) is 7.90. The van der Waals surface area contributed by atoms with Gasteiger partial charge in [0.2, 0.25) is 5.91 Å². The SMILES string of the molecule is Cc1cc2ccccc2n1CC(=O)N1CCN(c2ccnc(-c3ccccc3)n2)CC1. The third-order valence-corrected chi connectivity index (χ3v) is 5.94. The Morgan fingerprint density at radius 3 is 2.48 bits per heavy atom. The van der Waals surface area contributed by atoms with Gasteiger partial charge in [-0.3, -0.25) is 4.79 Å². The number of carbonyl (C=O) groups is 1. The van der Waals surface area contributed by atoms with Crippen LogP contribution in [-0.4, -0.2) is 51.5 Å². The number of amides is 1. The largest absolute Gasteiger partial charge is 0.353 e. The molecule has 6 heteroatoms. The van der Waals surface area contributed by atoms with Gasteiger partial charge in [0.15, 0.2) is 5.82 Å². The van der Waals surface area contributed by atoms with Gasteiger partial charge in [0, 0.05) is 49.1 Å². The molecule has 3 heterocycles. The molecule has 0 bridgehead atoms. The van der Waals surface area contributed by atoms with Gasteiger partial charge >= 0.3 is 0 Å². The van der Waals surface area contributed by atoms with Gasteiger partial charge in [-0.05, 0) is 30.5 Å². The summed E-state index contributed by atoms with van der Waals surface area (Å²) in [5.41, 5.74) is 3.23. The van der Waals surface area contributed by atoms with Crippen molar-refractivity contribution < 1.29 is 4.79 Å². The van der Waals surface area contributed by atoms with Crippen molar-refractivity contribution in [2.24, 2.45) is 0 Å². The first-order chi connectivity index (χ1) is 15.2. The predicted molar refractivity (Wildman–Crippen MR) is 123 cm³/mol. The van der Waals surface area contributed by atoms with E-state index in [1.165, 1.54) is 5.39 Å². The normalized spacial score (nSPS) is 14.2. The fraction of sp³-hybridized carbons (Fsp3) is 0.240. The molecule has 2 aromatic heterocycles. The summed E-state index contributed by atoms with van der Waals surface area (Å²) in [6.45, 7) is 5.37. The lowest BCUT2D eigenvalue weighted by Gasteiger charge is -2.35. The number of nitrogens with zero attached hydrogens (tertiary/aromatic N) is 5. The van der Waals surface area contributed by atoms with E-state index in [1.807, 2.05) is 59.6 Å². The Labute approximate surface area is 181 Å². The van der Waals surface area contributed by atoms with E-state index in [1.54, 1.807) is 0 Å². The van der Waals surface area contributed by atoms with Crippen LogP contribution in [0.2, 0.25) is 0 Å². The van der Waals surface area contributed by atoms with Crippen LogP contribution in [0.1, 0.15) is 5.69 Å². The fourth-order valence-electron chi connectivity index (χ4n) is 4.23. The Morgan fingerprint density at radius 1 is 0.935 bits per heavy atom. The topological polar surface area (TPSA) is 54.3 Å². The Bertz CT molecular complexity index is 1210. The van der Waals surface area contributed by atoms with Crippen LogP contribution in [-0.2, 0) is 11.3 Å². The molecule has 0 unspecified atom stereocenters. The summed E-state index contributed by atoms with van der Waals surface area (Å²) in [7, 11) is 0. The van der Waals surface area contributed by atoms with Crippen LogP contribution in [0.3, 0.4) is 0 Å². The van der Waals surface area contributed by atoms with E-state index in [0.29, 0.717) is 19.6 Å². The summed E-state index contributed by atoms with van der Waals surface area (Å²) in [4.78, 5) is 26.4. The minimum absolute atomic E-state index is 0.164. The minimum Gasteiger partial charge on any atom is -0.353 e. The number of carbonyl (C=O) groups excluding carboxylic acids is 1. The van der Waals surface area contributed by atoms with Gasteiger partial charge in [-0.2, -0.15) is 0 Å². The Morgan fingerprint density at radius 2 is 1.68 bits per heavy atom. The maximum atomic E-state index is 13.0. The lowest BCUT2D eigenvalue weighted by Crippen LogP contribution is -2.49. The van der Waals surface area contributed by atoms with Gasteiger partial charge in [-0.15, -0.1) is 0 Å². The summed E-state index contributed by atoms with van der Waals surface area (Å²) in [6.07, 6.45) is 1.81. The van der Waals surface area contributed by atoms with Crippen molar-refractivity contribution in [2.75, 3.05) is 31.1 Å². The van der Waals surface area contributed by atoms with Crippen molar-refractivity contribution in [3.63, 3.8) is 0 Å². The van der Waals surface area contributed by atoms with Crippen LogP contribution >= 0.6 is 0 Å². The Hall–Kier alpha value is -3.67. The van der Waals surface area contributed by atoms with Crippen LogP contribution in [0.4, 0.5) is 5.82 Å². The van der Waals surface area contributed by atoms with E-state index in [0.717, 1.165) is 41.5 Å². The highest BCUT2D eigenvalue weighted by Gasteiger charge is 2.23. The van der Waals surface area contributed by atoms with Crippen molar-refractivity contribution in [1.29, 1.82) is 0 Å².